The topological polar surface area (TPSA) is 178 Å². The smallest absolute Gasteiger partial charge is 0.397 e. The maximum Gasteiger partial charge on any atom is 0.397 e. The van der Waals surface area contributed by atoms with Crippen molar-refractivity contribution >= 4 is 16.4 Å². The first-order valence-corrected chi connectivity index (χ1v) is 30.1. The number of ether oxygens (including phenoxy) is 4. The van der Waals surface area contributed by atoms with E-state index in [1.807, 2.05) is 0 Å². The number of carbonyl (C=O) groups excluding carboxylic acids is 1. The van der Waals surface area contributed by atoms with Gasteiger partial charge in [-0.15, -0.1) is 0 Å². The third kappa shape index (κ3) is 40.8. The molecule has 12 nitrogen and oxygen atoms in total. The van der Waals surface area contributed by atoms with Gasteiger partial charge in [0.1, 0.15) is 30.5 Å². The number of carbonyl (C=O) groups is 1. The lowest BCUT2D eigenvalue weighted by molar-refractivity contribution is -0.301. The summed E-state index contributed by atoms with van der Waals surface area (Å²) in [5.74, 6) is -0.398. The van der Waals surface area contributed by atoms with Crippen LogP contribution in [0, 0.1) is 0 Å². The van der Waals surface area contributed by atoms with Gasteiger partial charge in [0, 0.05) is 13.0 Å². The van der Waals surface area contributed by atoms with Crippen LogP contribution in [0.1, 0.15) is 258 Å². The summed E-state index contributed by atoms with van der Waals surface area (Å²) in [6.45, 7) is 4.02. The highest BCUT2D eigenvalue weighted by molar-refractivity contribution is 7.80. The fourth-order valence-electron chi connectivity index (χ4n) is 8.88. The lowest BCUT2D eigenvalue weighted by atomic mass is 9.99. The molecule has 4 N–H and O–H groups in total. The molecule has 13 heteroatoms. The van der Waals surface area contributed by atoms with E-state index in [4.69, 9.17) is 18.9 Å². The van der Waals surface area contributed by atoms with Crippen LogP contribution in [0.4, 0.5) is 0 Å². The van der Waals surface area contributed by atoms with Gasteiger partial charge in [-0.1, -0.05) is 217 Å². The fourth-order valence-corrected chi connectivity index (χ4v) is 9.39. The van der Waals surface area contributed by atoms with E-state index >= 15 is 0 Å². The maximum atomic E-state index is 13.0. The Morgan fingerprint density at radius 3 is 1.37 bits per heavy atom. The van der Waals surface area contributed by atoms with E-state index < -0.39 is 59.8 Å². The number of aliphatic hydroxyl groups excluding tert-OH is 3. The molecule has 0 spiro atoms. The van der Waals surface area contributed by atoms with E-state index in [-0.39, 0.29) is 19.6 Å². The first-order valence-electron chi connectivity index (χ1n) is 28.7. The van der Waals surface area contributed by atoms with Crippen molar-refractivity contribution in [3.8, 4) is 0 Å². The molecular weight excluding hydrogens is 909 g/mol. The van der Waals surface area contributed by atoms with Crippen LogP contribution >= 0.6 is 0 Å². The standard InChI is InChI=1S/C57H106O12S/c1-3-5-7-9-11-13-15-17-19-21-23-25-26-27-28-30-32-34-36-38-40-42-44-46-53(59)67-51(50-66-57-55(61)56(69-70(62,63)64)54(60)52(48-58)68-57)49-65-47-45-43-41-39-37-35-33-31-29-24-22-20-18-16-14-12-10-8-6-4-2/h15,17-18,20-21,23,51-52,54-58,60-61H,3-14,16,19,22,24-50H2,1-2H3,(H,62,63,64)/b17-15-,20-18-,23-21-. The van der Waals surface area contributed by atoms with Gasteiger partial charge in [0.25, 0.3) is 0 Å². The average Bonchev–Trinajstić information content (AvgIpc) is 3.34. The van der Waals surface area contributed by atoms with E-state index in [9.17, 15) is 33.1 Å². The molecule has 0 aromatic rings. The highest BCUT2D eigenvalue weighted by atomic mass is 32.3. The second-order valence-corrected chi connectivity index (χ2v) is 20.9. The highest BCUT2D eigenvalue weighted by Gasteiger charge is 2.48. The summed E-state index contributed by atoms with van der Waals surface area (Å²) in [6.07, 6.45) is 50.3. The first kappa shape index (κ1) is 66.3. The predicted octanol–water partition coefficient (Wildman–Crippen LogP) is 14.1. The molecule has 6 unspecified atom stereocenters. The van der Waals surface area contributed by atoms with Crippen LogP contribution in [0.3, 0.4) is 0 Å². The molecule has 0 aromatic carbocycles. The minimum atomic E-state index is -5.07. The molecule has 0 aliphatic carbocycles. The number of hydrogen-bond acceptors (Lipinski definition) is 11. The lowest BCUT2D eigenvalue weighted by Gasteiger charge is -2.41. The second kappa shape index (κ2) is 48.3. The summed E-state index contributed by atoms with van der Waals surface area (Å²) in [4.78, 5) is 13.0. The summed E-state index contributed by atoms with van der Waals surface area (Å²) in [5.41, 5.74) is 0. The Balaban J connectivity index is 2.30. The third-order valence-corrected chi connectivity index (χ3v) is 13.7. The highest BCUT2D eigenvalue weighted by Crippen LogP contribution is 2.26. The van der Waals surface area contributed by atoms with Gasteiger partial charge in [0.15, 0.2) is 6.29 Å². The molecule has 0 saturated carbocycles. The monoisotopic (exact) mass is 1010 g/mol. The molecule has 0 aromatic heterocycles. The largest absolute Gasteiger partial charge is 0.457 e. The summed E-state index contributed by atoms with van der Waals surface area (Å²) in [5, 5.41) is 30.8. The molecule has 1 rings (SSSR count). The molecule has 0 amide bonds. The molecule has 1 fully saturated rings. The molecule has 0 bridgehead atoms. The number of aliphatic hydroxyl groups is 3. The molecule has 1 heterocycles. The Hall–Kier alpha value is -1.68. The lowest BCUT2D eigenvalue weighted by Crippen LogP contribution is -2.60. The van der Waals surface area contributed by atoms with Gasteiger partial charge in [-0.25, -0.2) is 4.18 Å². The van der Waals surface area contributed by atoms with Gasteiger partial charge >= 0.3 is 16.4 Å². The van der Waals surface area contributed by atoms with Crippen LogP contribution in [0.15, 0.2) is 36.5 Å². The summed E-state index contributed by atoms with van der Waals surface area (Å²) < 4.78 is 59.4. The summed E-state index contributed by atoms with van der Waals surface area (Å²) >= 11 is 0. The van der Waals surface area contributed by atoms with Gasteiger partial charge in [-0.2, -0.15) is 8.42 Å². The number of rotatable bonds is 51. The normalized spacial score (nSPS) is 19.3. The van der Waals surface area contributed by atoms with Gasteiger partial charge in [-0.05, 0) is 70.6 Å². The zero-order valence-electron chi connectivity index (χ0n) is 44.6. The summed E-state index contributed by atoms with van der Waals surface area (Å²) in [7, 11) is -5.07. The first-order chi connectivity index (χ1) is 34.1. The van der Waals surface area contributed by atoms with Crippen LogP contribution in [0.2, 0.25) is 0 Å². The quantitative estimate of drug-likeness (QED) is 0.0196. The van der Waals surface area contributed by atoms with E-state index in [0.29, 0.717) is 13.0 Å². The zero-order chi connectivity index (χ0) is 51.0. The third-order valence-electron chi connectivity index (χ3n) is 13.2. The van der Waals surface area contributed by atoms with E-state index in [1.165, 1.54) is 186 Å². The van der Waals surface area contributed by atoms with Crippen molar-refractivity contribution in [2.75, 3.05) is 26.4 Å². The Bertz CT molecular complexity index is 1360. The number of unbranched alkanes of at least 4 members (excludes halogenated alkanes) is 32. The van der Waals surface area contributed by atoms with Gasteiger partial charge in [-0.3, -0.25) is 9.35 Å². The van der Waals surface area contributed by atoms with E-state index in [1.54, 1.807) is 0 Å². The van der Waals surface area contributed by atoms with Crippen LogP contribution in [0.25, 0.3) is 0 Å². The SMILES string of the molecule is CCCCCCC/C=C\C/C=C\CCCCCCCCCCCCCC(=O)OC(COCCCCCCCCCCCC/C=C\CCCCCCCC)COC1OC(CO)C(O)C(OS(=O)(=O)O)C1O. The average molecular weight is 1020 g/mol. The number of allylic oxidation sites excluding steroid dienone is 6. The number of esters is 1. The van der Waals surface area contributed by atoms with Crippen LogP contribution in [-0.2, 0) is 38.3 Å². The summed E-state index contributed by atoms with van der Waals surface area (Å²) in [6, 6.07) is 0. The Morgan fingerprint density at radius 1 is 0.543 bits per heavy atom. The second-order valence-electron chi connectivity index (χ2n) is 19.9. The van der Waals surface area contributed by atoms with Crippen molar-refractivity contribution in [1.82, 2.24) is 0 Å². The molecule has 1 aliphatic heterocycles. The van der Waals surface area contributed by atoms with Gasteiger partial charge in [0.05, 0.1) is 19.8 Å². The van der Waals surface area contributed by atoms with Gasteiger partial charge in [0.2, 0.25) is 0 Å². The molecule has 6 atom stereocenters. The fraction of sp³-hybridized carbons (Fsp3) is 0.877. The minimum Gasteiger partial charge on any atom is -0.457 e. The van der Waals surface area contributed by atoms with Crippen LogP contribution in [0.5, 0.6) is 0 Å². The van der Waals surface area contributed by atoms with Crippen molar-refractivity contribution < 1.29 is 56.2 Å². The Morgan fingerprint density at radius 2 is 0.943 bits per heavy atom. The van der Waals surface area contributed by atoms with Crippen LogP contribution < -0.4 is 0 Å². The predicted molar refractivity (Wildman–Crippen MR) is 285 cm³/mol. The number of hydrogen-bond donors (Lipinski definition) is 4. The van der Waals surface area contributed by atoms with E-state index in [0.717, 1.165) is 44.9 Å². The molecule has 1 aliphatic rings. The molecular formula is C57H106O12S. The van der Waals surface area contributed by atoms with Crippen molar-refractivity contribution in [1.29, 1.82) is 0 Å². The van der Waals surface area contributed by atoms with Crippen molar-refractivity contribution in [3.05, 3.63) is 36.5 Å². The van der Waals surface area contributed by atoms with Crippen molar-refractivity contribution in [3.63, 3.8) is 0 Å². The Kier molecular flexibility index (Phi) is 45.7. The van der Waals surface area contributed by atoms with Crippen molar-refractivity contribution in [2.45, 2.75) is 295 Å². The molecule has 0 radical (unpaired) electrons. The Labute approximate surface area is 428 Å². The van der Waals surface area contributed by atoms with Crippen molar-refractivity contribution in [2.24, 2.45) is 0 Å². The molecule has 412 valence electrons. The maximum absolute atomic E-state index is 13.0. The molecule has 70 heavy (non-hydrogen) atoms. The zero-order valence-corrected chi connectivity index (χ0v) is 45.4. The molecule has 1 saturated heterocycles. The van der Waals surface area contributed by atoms with E-state index in [2.05, 4.69) is 54.5 Å². The van der Waals surface area contributed by atoms with Crippen LogP contribution in [-0.4, -0.2) is 97.5 Å². The minimum absolute atomic E-state index is 0.0364. The van der Waals surface area contributed by atoms with Gasteiger partial charge < -0.3 is 34.3 Å².